The van der Waals surface area contributed by atoms with Crippen molar-refractivity contribution in [3.8, 4) is 6.07 Å². The average molecular weight is 420 g/mol. The van der Waals surface area contributed by atoms with Gasteiger partial charge in [0.2, 0.25) is 11.8 Å². The lowest BCUT2D eigenvalue weighted by Gasteiger charge is -2.24. The molecule has 0 radical (unpaired) electrons. The van der Waals surface area contributed by atoms with E-state index in [1.54, 1.807) is 52.3 Å². The van der Waals surface area contributed by atoms with Crippen molar-refractivity contribution in [3.63, 3.8) is 0 Å². The molecule has 1 atom stereocenters. The van der Waals surface area contributed by atoms with E-state index in [9.17, 15) is 14.4 Å². The van der Waals surface area contributed by atoms with Crippen molar-refractivity contribution in [3.05, 3.63) is 59.7 Å². The minimum absolute atomic E-state index is 0.0657. The van der Waals surface area contributed by atoms with E-state index in [0.29, 0.717) is 47.1 Å². The largest absolute Gasteiger partial charge is 0.324 e. The molecule has 2 heterocycles. The van der Waals surface area contributed by atoms with Gasteiger partial charge in [-0.3, -0.25) is 14.4 Å². The fraction of sp³-hybridized carbons (Fsp3) is 0.273. The molecule has 0 saturated carbocycles. The highest BCUT2D eigenvalue weighted by atomic mass is 32.2. The molecule has 0 spiro atoms. The van der Waals surface area contributed by atoms with Crippen LogP contribution in [0.2, 0.25) is 0 Å². The fourth-order valence-corrected chi connectivity index (χ4v) is 4.76. The number of benzene rings is 2. The third-order valence-electron chi connectivity index (χ3n) is 5.21. The predicted octanol–water partition coefficient (Wildman–Crippen LogP) is 2.84. The summed E-state index contributed by atoms with van der Waals surface area (Å²) < 4.78 is 0. The first kappa shape index (κ1) is 20.0. The third kappa shape index (κ3) is 4.02. The van der Waals surface area contributed by atoms with Gasteiger partial charge in [0.1, 0.15) is 6.04 Å². The quantitative estimate of drug-likeness (QED) is 0.821. The van der Waals surface area contributed by atoms with Crippen LogP contribution in [-0.2, 0) is 9.59 Å². The van der Waals surface area contributed by atoms with Gasteiger partial charge in [-0.05, 0) is 48.9 Å². The lowest BCUT2D eigenvalue weighted by atomic mass is 10.1. The van der Waals surface area contributed by atoms with Crippen LogP contribution in [-0.4, -0.2) is 46.8 Å². The van der Waals surface area contributed by atoms with Crippen molar-refractivity contribution >= 4 is 40.9 Å². The SMILES string of the molecule is N#Cc1ccc(NC(=O)C2CSCN2C(=O)c2cccc(N3CCCC3=O)c2)cc1. The van der Waals surface area contributed by atoms with Crippen molar-refractivity contribution < 1.29 is 14.4 Å². The second kappa shape index (κ2) is 8.59. The number of carbonyl (C=O) groups excluding carboxylic acids is 3. The number of hydrogen-bond acceptors (Lipinski definition) is 5. The topological polar surface area (TPSA) is 93.5 Å². The molecule has 30 heavy (non-hydrogen) atoms. The van der Waals surface area contributed by atoms with Crippen LogP contribution < -0.4 is 10.2 Å². The summed E-state index contributed by atoms with van der Waals surface area (Å²) in [5.74, 6) is 0.517. The minimum atomic E-state index is -0.588. The second-order valence-electron chi connectivity index (χ2n) is 7.17. The maximum Gasteiger partial charge on any atom is 0.255 e. The zero-order chi connectivity index (χ0) is 21.1. The number of amides is 3. The van der Waals surface area contributed by atoms with Crippen LogP contribution >= 0.6 is 11.8 Å². The van der Waals surface area contributed by atoms with Gasteiger partial charge in [0.15, 0.2) is 0 Å². The minimum Gasteiger partial charge on any atom is -0.324 e. The maximum absolute atomic E-state index is 13.1. The monoisotopic (exact) mass is 420 g/mol. The number of nitrogens with zero attached hydrogens (tertiary/aromatic N) is 3. The molecule has 1 unspecified atom stereocenters. The smallest absolute Gasteiger partial charge is 0.255 e. The number of nitrogens with one attached hydrogen (secondary N) is 1. The molecular weight excluding hydrogens is 400 g/mol. The summed E-state index contributed by atoms with van der Waals surface area (Å²) in [4.78, 5) is 41.2. The number of hydrogen-bond donors (Lipinski definition) is 1. The van der Waals surface area contributed by atoms with Crippen molar-refractivity contribution in [2.24, 2.45) is 0 Å². The number of carbonyl (C=O) groups is 3. The van der Waals surface area contributed by atoms with E-state index >= 15 is 0 Å². The maximum atomic E-state index is 13.1. The molecule has 2 aliphatic rings. The summed E-state index contributed by atoms with van der Waals surface area (Å²) in [5, 5.41) is 11.7. The molecular formula is C22H20N4O3S. The summed E-state index contributed by atoms with van der Waals surface area (Å²) >= 11 is 1.52. The van der Waals surface area contributed by atoms with E-state index < -0.39 is 6.04 Å². The highest BCUT2D eigenvalue weighted by molar-refractivity contribution is 7.99. The van der Waals surface area contributed by atoms with Crippen LogP contribution in [0.3, 0.4) is 0 Å². The zero-order valence-corrected chi connectivity index (χ0v) is 17.0. The predicted molar refractivity (Wildman–Crippen MR) is 115 cm³/mol. The van der Waals surface area contributed by atoms with Gasteiger partial charge in [-0.2, -0.15) is 5.26 Å². The number of nitriles is 1. The van der Waals surface area contributed by atoms with E-state index in [2.05, 4.69) is 5.32 Å². The highest BCUT2D eigenvalue weighted by Crippen LogP contribution is 2.27. The molecule has 2 fully saturated rings. The summed E-state index contributed by atoms with van der Waals surface area (Å²) in [6.45, 7) is 0.658. The van der Waals surface area contributed by atoms with Gasteiger partial charge in [0, 0.05) is 35.7 Å². The van der Waals surface area contributed by atoms with E-state index in [1.165, 1.54) is 11.8 Å². The number of anilines is 2. The van der Waals surface area contributed by atoms with Crippen molar-refractivity contribution in [1.82, 2.24) is 4.90 Å². The molecule has 0 aliphatic carbocycles. The fourth-order valence-electron chi connectivity index (χ4n) is 3.61. The Balaban J connectivity index is 1.48. The van der Waals surface area contributed by atoms with E-state index in [1.807, 2.05) is 12.1 Å². The summed E-state index contributed by atoms with van der Waals surface area (Å²) in [5.41, 5.74) is 2.27. The molecule has 152 valence electrons. The van der Waals surface area contributed by atoms with Crippen LogP contribution in [0.15, 0.2) is 48.5 Å². The lowest BCUT2D eigenvalue weighted by Crippen LogP contribution is -2.44. The molecule has 2 aromatic carbocycles. The third-order valence-corrected chi connectivity index (χ3v) is 6.22. The van der Waals surface area contributed by atoms with Crippen LogP contribution in [0.4, 0.5) is 11.4 Å². The number of thioether (sulfide) groups is 1. The van der Waals surface area contributed by atoms with E-state index in [-0.39, 0.29) is 17.7 Å². The van der Waals surface area contributed by atoms with Crippen LogP contribution in [0.25, 0.3) is 0 Å². The van der Waals surface area contributed by atoms with Gasteiger partial charge >= 0.3 is 0 Å². The molecule has 3 amide bonds. The van der Waals surface area contributed by atoms with Gasteiger partial charge in [0.05, 0.1) is 17.5 Å². The van der Waals surface area contributed by atoms with Gasteiger partial charge in [-0.1, -0.05) is 6.07 Å². The van der Waals surface area contributed by atoms with Crippen molar-refractivity contribution in [2.45, 2.75) is 18.9 Å². The Bertz CT molecular complexity index is 1030. The summed E-state index contributed by atoms with van der Waals surface area (Å²) in [7, 11) is 0. The normalized spacial score (nSPS) is 18.4. The lowest BCUT2D eigenvalue weighted by molar-refractivity contribution is -0.119. The van der Waals surface area contributed by atoms with Crippen molar-refractivity contribution in [2.75, 3.05) is 28.4 Å². The zero-order valence-electron chi connectivity index (χ0n) is 16.2. The van der Waals surface area contributed by atoms with Gasteiger partial charge in [0.25, 0.3) is 5.91 Å². The van der Waals surface area contributed by atoms with Crippen LogP contribution in [0, 0.1) is 11.3 Å². The first-order valence-electron chi connectivity index (χ1n) is 9.67. The summed E-state index contributed by atoms with van der Waals surface area (Å²) in [6, 6.07) is 15.1. The van der Waals surface area contributed by atoms with E-state index in [4.69, 9.17) is 5.26 Å². The Labute approximate surface area is 178 Å². The Morgan fingerprint density at radius 3 is 2.67 bits per heavy atom. The van der Waals surface area contributed by atoms with Crippen molar-refractivity contribution in [1.29, 1.82) is 5.26 Å². The van der Waals surface area contributed by atoms with Gasteiger partial charge in [-0.25, -0.2) is 0 Å². The average Bonchev–Trinajstić information content (AvgIpc) is 3.43. The molecule has 0 bridgehead atoms. The standard InChI is InChI=1S/C22H20N4O3S/c23-12-15-6-8-17(9-7-15)24-21(28)19-13-30-14-26(19)22(29)16-3-1-4-18(11-16)25-10-2-5-20(25)27/h1,3-4,6-9,11,19H,2,5,10,13-14H2,(H,24,28). The molecule has 4 rings (SSSR count). The van der Waals surface area contributed by atoms with Crippen LogP contribution in [0.1, 0.15) is 28.8 Å². The summed E-state index contributed by atoms with van der Waals surface area (Å²) in [6.07, 6.45) is 1.34. The van der Waals surface area contributed by atoms with E-state index in [0.717, 1.165) is 6.42 Å². The Kier molecular flexibility index (Phi) is 5.72. The van der Waals surface area contributed by atoms with Crippen LogP contribution in [0.5, 0.6) is 0 Å². The van der Waals surface area contributed by atoms with Gasteiger partial charge < -0.3 is 15.1 Å². The number of rotatable bonds is 4. The molecule has 0 aromatic heterocycles. The Hall–Kier alpha value is -3.31. The molecule has 7 nitrogen and oxygen atoms in total. The van der Waals surface area contributed by atoms with Gasteiger partial charge in [-0.15, -0.1) is 11.8 Å². The molecule has 8 heteroatoms. The molecule has 1 N–H and O–H groups in total. The first-order valence-corrected chi connectivity index (χ1v) is 10.8. The first-order chi connectivity index (χ1) is 14.6. The Morgan fingerprint density at radius 2 is 1.97 bits per heavy atom. The second-order valence-corrected chi connectivity index (χ2v) is 8.17. The highest BCUT2D eigenvalue weighted by Gasteiger charge is 2.35. The Morgan fingerprint density at radius 1 is 1.17 bits per heavy atom. The molecule has 2 aromatic rings. The molecule has 2 aliphatic heterocycles. The molecule has 2 saturated heterocycles.